The van der Waals surface area contributed by atoms with Crippen molar-refractivity contribution in [3.05, 3.63) is 53.6 Å². The van der Waals surface area contributed by atoms with Crippen molar-refractivity contribution in [3.63, 3.8) is 0 Å². The fourth-order valence-corrected chi connectivity index (χ4v) is 2.39. The highest BCUT2D eigenvalue weighted by atomic mass is 16.5. The van der Waals surface area contributed by atoms with Crippen molar-refractivity contribution < 1.29 is 19.0 Å². The van der Waals surface area contributed by atoms with Crippen molar-refractivity contribution in [3.8, 4) is 17.2 Å². The van der Waals surface area contributed by atoms with E-state index in [9.17, 15) is 4.79 Å². The number of nitrogens with two attached hydrogens (primary N) is 1. The van der Waals surface area contributed by atoms with Gasteiger partial charge in [0.1, 0.15) is 23.9 Å². The van der Waals surface area contributed by atoms with Crippen LogP contribution in [0.15, 0.2) is 42.5 Å². The minimum absolute atomic E-state index is 0.0567. The molecule has 0 radical (unpaired) electrons. The molecule has 1 atom stereocenters. The van der Waals surface area contributed by atoms with Crippen LogP contribution in [0.2, 0.25) is 0 Å². The zero-order valence-electron chi connectivity index (χ0n) is 16.0. The Hall–Kier alpha value is -2.53. The number of ether oxygens (including phenoxy) is 3. The van der Waals surface area contributed by atoms with Crippen LogP contribution < -0.4 is 19.9 Å². The lowest BCUT2D eigenvalue weighted by Gasteiger charge is -2.18. The molecule has 2 N–H and O–H groups in total. The van der Waals surface area contributed by atoms with E-state index < -0.39 is 5.41 Å². The second-order valence-corrected chi connectivity index (χ2v) is 7.12. The van der Waals surface area contributed by atoms with Gasteiger partial charge in [-0.05, 0) is 29.8 Å². The molecule has 26 heavy (non-hydrogen) atoms. The van der Waals surface area contributed by atoms with E-state index in [1.807, 2.05) is 63.2 Å². The highest BCUT2D eigenvalue weighted by Crippen LogP contribution is 2.32. The number of methoxy groups -OCH3 is 2. The summed E-state index contributed by atoms with van der Waals surface area (Å²) in [6.07, 6.45) is 0. The lowest BCUT2D eigenvalue weighted by Crippen LogP contribution is -2.26. The molecule has 2 aromatic carbocycles. The zero-order valence-corrected chi connectivity index (χ0v) is 16.0. The number of hydrogen-bond donors (Lipinski definition) is 1. The van der Waals surface area contributed by atoms with Crippen LogP contribution in [-0.2, 0) is 4.79 Å². The third-order valence-corrected chi connectivity index (χ3v) is 4.22. The van der Waals surface area contributed by atoms with Gasteiger partial charge < -0.3 is 19.9 Å². The Bertz CT molecular complexity index is 748. The van der Waals surface area contributed by atoms with Gasteiger partial charge in [0.2, 0.25) is 0 Å². The van der Waals surface area contributed by atoms with E-state index in [1.165, 1.54) is 0 Å². The van der Waals surface area contributed by atoms with E-state index in [1.54, 1.807) is 14.2 Å². The molecule has 0 aliphatic carbocycles. The summed E-state index contributed by atoms with van der Waals surface area (Å²) >= 11 is 0. The van der Waals surface area contributed by atoms with Crippen LogP contribution >= 0.6 is 0 Å². The zero-order chi connectivity index (χ0) is 19.3. The number of Topliss-reactive ketones (excluding diaryl/α,β-unsaturated/α-hetero) is 1. The predicted molar refractivity (Wildman–Crippen MR) is 102 cm³/mol. The first-order valence-corrected chi connectivity index (χ1v) is 8.50. The molecule has 2 aromatic rings. The monoisotopic (exact) mass is 357 g/mol. The van der Waals surface area contributed by atoms with Gasteiger partial charge in [-0.3, -0.25) is 4.79 Å². The number of ketones is 1. The van der Waals surface area contributed by atoms with Gasteiger partial charge in [0.15, 0.2) is 5.78 Å². The highest BCUT2D eigenvalue weighted by Gasteiger charge is 2.21. The van der Waals surface area contributed by atoms with Gasteiger partial charge >= 0.3 is 0 Å². The molecule has 140 valence electrons. The van der Waals surface area contributed by atoms with Crippen LogP contribution in [0, 0.1) is 5.41 Å². The Kier molecular flexibility index (Phi) is 6.27. The van der Waals surface area contributed by atoms with E-state index in [4.69, 9.17) is 19.9 Å². The summed E-state index contributed by atoms with van der Waals surface area (Å²) < 4.78 is 16.2. The molecule has 5 nitrogen and oxygen atoms in total. The topological polar surface area (TPSA) is 70.8 Å². The molecule has 0 saturated heterocycles. The molecule has 0 aromatic heterocycles. The number of benzene rings is 2. The maximum absolute atomic E-state index is 12.0. The minimum Gasteiger partial charge on any atom is -0.497 e. The highest BCUT2D eigenvalue weighted by molar-refractivity contribution is 5.85. The second kappa shape index (κ2) is 8.23. The Morgan fingerprint density at radius 2 is 1.62 bits per heavy atom. The van der Waals surface area contributed by atoms with Crippen LogP contribution in [0.5, 0.6) is 17.2 Å². The maximum atomic E-state index is 12.0. The Morgan fingerprint density at radius 1 is 1.00 bits per heavy atom. The number of hydrogen-bond acceptors (Lipinski definition) is 5. The molecule has 0 heterocycles. The first-order valence-electron chi connectivity index (χ1n) is 8.50. The van der Waals surface area contributed by atoms with Crippen molar-refractivity contribution in [1.82, 2.24) is 0 Å². The normalized spacial score (nSPS) is 12.4. The molecule has 0 aliphatic rings. The van der Waals surface area contributed by atoms with E-state index in [-0.39, 0.29) is 18.4 Å². The number of carbonyl (C=O) groups excluding carboxylic acids is 1. The standard InChI is InChI=1S/C21H27NO4/c1-21(2,3)19(23)13-26-15-8-6-14(7-9-15)20(22)17-11-10-16(24-4)12-18(17)25-5/h6-12,20H,13,22H2,1-5H3. The van der Waals surface area contributed by atoms with Crippen LogP contribution in [0.3, 0.4) is 0 Å². The minimum atomic E-state index is -0.410. The number of rotatable bonds is 7. The van der Waals surface area contributed by atoms with Gasteiger partial charge in [-0.15, -0.1) is 0 Å². The van der Waals surface area contributed by atoms with E-state index in [0.717, 1.165) is 11.1 Å². The van der Waals surface area contributed by atoms with Crippen molar-refractivity contribution in [2.45, 2.75) is 26.8 Å². The summed E-state index contributed by atoms with van der Waals surface area (Å²) in [5, 5.41) is 0. The number of carbonyl (C=O) groups is 1. The van der Waals surface area contributed by atoms with Crippen molar-refractivity contribution in [1.29, 1.82) is 0 Å². The average Bonchev–Trinajstić information content (AvgIpc) is 2.64. The molecular formula is C21H27NO4. The summed E-state index contributed by atoms with van der Waals surface area (Å²) in [6, 6.07) is 12.6. The Labute approximate surface area is 155 Å². The summed E-state index contributed by atoms with van der Waals surface area (Å²) in [4.78, 5) is 12.0. The molecule has 0 aliphatic heterocycles. The first kappa shape index (κ1) is 19.8. The summed E-state index contributed by atoms with van der Waals surface area (Å²) in [5.74, 6) is 2.08. The van der Waals surface area contributed by atoms with E-state index in [0.29, 0.717) is 17.2 Å². The maximum Gasteiger partial charge on any atom is 0.175 e. The lowest BCUT2D eigenvalue weighted by molar-refractivity contribution is -0.128. The third kappa shape index (κ3) is 4.76. The van der Waals surface area contributed by atoms with Crippen LogP contribution in [0.25, 0.3) is 0 Å². The van der Waals surface area contributed by atoms with E-state index >= 15 is 0 Å². The van der Waals surface area contributed by atoms with Crippen molar-refractivity contribution >= 4 is 5.78 Å². The molecule has 0 bridgehead atoms. The van der Waals surface area contributed by atoms with Gasteiger partial charge in [-0.1, -0.05) is 32.9 Å². The smallest absolute Gasteiger partial charge is 0.175 e. The van der Waals surface area contributed by atoms with Crippen molar-refractivity contribution in [2.75, 3.05) is 20.8 Å². The van der Waals surface area contributed by atoms with Crippen LogP contribution in [0.1, 0.15) is 37.9 Å². The fourth-order valence-electron chi connectivity index (χ4n) is 2.39. The van der Waals surface area contributed by atoms with Crippen molar-refractivity contribution in [2.24, 2.45) is 11.1 Å². The molecule has 1 unspecified atom stereocenters. The molecule has 0 amide bonds. The molecule has 0 spiro atoms. The summed E-state index contributed by atoms with van der Waals surface area (Å²) in [7, 11) is 3.21. The largest absolute Gasteiger partial charge is 0.497 e. The molecule has 0 saturated carbocycles. The quantitative estimate of drug-likeness (QED) is 0.817. The average molecular weight is 357 g/mol. The van der Waals surface area contributed by atoms with Gasteiger partial charge in [0.25, 0.3) is 0 Å². The van der Waals surface area contributed by atoms with Gasteiger partial charge in [-0.2, -0.15) is 0 Å². The summed E-state index contributed by atoms with van der Waals surface area (Å²) in [6.45, 7) is 5.69. The molecule has 2 rings (SSSR count). The molecular weight excluding hydrogens is 330 g/mol. The molecule has 0 fully saturated rings. The third-order valence-electron chi connectivity index (χ3n) is 4.22. The van der Waals surface area contributed by atoms with Gasteiger partial charge in [0.05, 0.1) is 20.3 Å². The van der Waals surface area contributed by atoms with Gasteiger partial charge in [-0.25, -0.2) is 0 Å². The first-order chi connectivity index (χ1) is 12.3. The SMILES string of the molecule is COc1ccc(C(N)c2ccc(OCC(=O)C(C)(C)C)cc2)c(OC)c1. The Morgan fingerprint density at radius 3 is 2.15 bits per heavy atom. The van der Waals surface area contributed by atoms with Crippen LogP contribution in [-0.4, -0.2) is 26.6 Å². The second-order valence-electron chi connectivity index (χ2n) is 7.12. The fraction of sp³-hybridized carbons (Fsp3) is 0.381. The Balaban J connectivity index is 2.11. The van der Waals surface area contributed by atoms with Gasteiger partial charge in [0, 0.05) is 17.0 Å². The lowest BCUT2D eigenvalue weighted by atomic mass is 9.91. The predicted octanol–water partition coefficient (Wildman–Crippen LogP) is 3.75. The van der Waals surface area contributed by atoms with Crippen LogP contribution in [0.4, 0.5) is 0 Å². The van der Waals surface area contributed by atoms with E-state index in [2.05, 4.69) is 0 Å². The summed E-state index contributed by atoms with van der Waals surface area (Å²) in [5.41, 5.74) is 7.77. The molecule has 5 heteroatoms.